The Kier molecular flexibility index (Phi) is 5.27. The van der Waals surface area contributed by atoms with Gasteiger partial charge in [0, 0.05) is 6.42 Å². The number of carbonyl (C=O) groups is 1. The van der Waals surface area contributed by atoms with Gasteiger partial charge in [0.1, 0.15) is 0 Å². The number of carboxylic acid groups (broad SMARTS) is 1. The molecule has 0 aliphatic rings. The quantitative estimate of drug-likeness (QED) is 0.444. The van der Waals surface area contributed by atoms with E-state index in [0.717, 1.165) is 0 Å². The van der Waals surface area contributed by atoms with Crippen LogP contribution in [0.4, 0.5) is 4.39 Å². The Morgan fingerprint density at radius 3 is 2.78 bits per heavy atom. The number of rotatable bonds is 5. The summed E-state index contributed by atoms with van der Waals surface area (Å²) >= 11 is 0. The minimum Gasteiger partial charge on any atom is -0.481 e. The van der Waals surface area contributed by atoms with Crippen molar-refractivity contribution in [2.24, 2.45) is 0 Å². The van der Waals surface area contributed by atoms with Gasteiger partial charge >= 0.3 is 5.97 Å². The van der Waals surface area contributed by atoms with E-state index in [-0.39, 0.29) is 6.42 Å². The standard InChI is InChI=1S/C5H9BFO2/c7-4-6-3-1-2-5(8)9/h1-4H2,(H,8,9). The lowest BCUT2D eigenvalue weighted by Crippen LogP contribution is -1.97. The third kappa shape index (κ3) is 7.46. The minimum atomic E-state index is -0.817. The van der Waals surface area contributed by atoms with Gasteiger partial charge < -0.3 is 5.11 Å². The maximum atomic E-state index is 11.3. The molecule has 0 spiro atoms. The van der Waals surface area contributed by atoms with Crippen LogP contribution in [0.3, 0.4) is 0 Å². The molecule has 9 heavy (non-hydrogen) atoms. The van der Waals surface area contributed by atoms with Crippen LogP contribution >= 0.6 is 0 Å². The van der Waals surface area contributed by atoms with E-state index in [1.807, 2.05) is 0 Å². The van der Waals surface area contributed by atoms with Gasteiger partial charge in [-0.2, -0.15) is 0 Å². The van der Waals surface area contributed by atoms with E-state index in [2.05, 4.69) is 0 Å². The average Bonchev–Trinajstić information content (AvgIpc) is 1.80. The second kappa shape index (κ2) is 5.60. The number of halogens is 1. The Balaban J connectivity index is 2.83. The molecule has 0 atom stereocenters. The first kappa shape index (κ1) is 8.46. The molecule has 51 valence electrons. The molecule has 0 fully saturated rings. The first-order valence-corrected chi connectivity index (χ1v) is 2.87. The zero-order chi connectivity index (χ0) is 7.11. The number of aliphatic carboxylic acids is 1. The first-order valence-electron chi connectivity index (χ1n) is 2.87. The van der Waals surface area contributed by atoms with Crippen LogP contribution in [-0.2, 0) is 4.79 Å². The molecule has 0 heterocycles. The SMILES string of the molecule is O=C(O)CCC[B]CF. The summed E-state index contributed by atoms with van der Waals surface area (Å²) in [6.07, 6.45) is 1.23. The van der Waals surface area contributed by atoms with E-state index in [4.69, 9.17) is 5.11 Å². The maximum Gasteiger partial charge on any atom is 0.303 e. The van der Waals surface area contributed by atoms with Crippen molar-refractivity contribution in [1.29, 1.82) is 0 Å². The summed E-state index contributed by atoms with van der Waals surface area (Å²) in [6, 6.07) is 0. The number of hydrogen-bond acceptors (Lipinski definition) is 1. The summed E-state index contributed by atoms with van der Waals surface area (Å²) < 4.78 is 11.3. The second-order valence-corrected chi connectivity index (χ2v) is 1.73. The van der Waals surface area contributed by atoms with Crippen molar-refractivity contribution in [2.75, 3.05) is 6.57 Å². The van der Waals surface area contributed by atoms with Crippen LogP contribution in [0.2, 0.25) is 6.32 Å². The van der Waals surface area contributed by atoms with Crippen molar-refractivity contribution in [3.05, 3.63) is 0 Å². The van der Waals surface area contributed by atoms with Gasteiger partial charge in [0.15, 0.2) is 7.28 Å². The monoisotopic (exact) mass is 131 g/mol. The summed E-state index contributed by atoms with van der Waals surface area (Å²) in [7, 11) is 1.43. The largest absolute Gasteiger partial charge is 0.481 e. The predicted molar refractivity (Wildman–Crippen MR) is 33.4 cm³/mol. The Hall–Kier alpha value is -0.535. The summed E-state index contributed by atoms with van der Waals surface area (Å²) in [5.41, 5.74) is 0. The van der Waals surface area contributed by atoms with E-state index in [1.165, 1.54) is 7.28 Å². The predicted octanol–water partition coefficient (Wildman–Crippen LogP) is 0.901. The highest BCUT2D eigenvalue weighted by Crippen LogP contribution is 1.94. The molecule has 1 N–H and O–H groups in total. The lowest BCUT2D eigenvalue weighted by atomic mass is 9.75. The number of hydrogen-bond donors (Lipinski definition) is 1. The molecule has 0 aromatic rings. The summed E-state index contributed by atoms with van der Waals surface area (Å²) in [4.78, 5) is 9.85. The molecule has 0 unspecified atom stereocenters. The molecule has 1 radical (unpaired) electrons. The van der Waals surface area contributed by atoms with Gasteiger partial charge in [-0.15, -0.1) is 0 Å². The highest BCUT2D eigenvalue weighted by molar-refractivity contribution is 6.35. The van der Waals surface area contributed by atoms with Gasteiger partial charge in [-0.3, -0.25) is 9.18 Å². The van der Waals surface area contributed by atoms with Crippen molar-refractivity contribution < 1.29 is 14.3 Å². The van der Waals surface area contributed by atoms with Gasteiger partial charge in [0.05, 0.1) is 6.57 Å². The number of alkyl halides is 1. The van der Waals surface area contributed by atoms with Crippen LogP contribution in [0.1, 0.15) is 12.8 Å². The summed E-state index contributed by atoms with van der Waals surface area (Å²) in [5.74, 6) is -0.817. The molecular formula is C5H9BFO2. The molecule has 0 bridgehead atoms. The van der Waals surface area contributed by atoms with Crippen LogP contribution in [0.25, 0.3) is 0 Å². The van der Waals surface area contributed by atoms with Gasteiger partial charge in [0.2, 0.25) is 0 Å². The summed E-state index contributed by atoms with van der Waals surface area (Å²) in [5, 5.41) is 8.11. The van der Waals surface area contributed by atoms with Crippen molar-refractivity contribution >= 4 is 13.2 Å². The van der Waals surface area contributed by atoms with Gasteiger partial charge in [0.25, 0.3) is 0 Å². The minimum absolute atomic E-state index is 0.135. The Bertz CT molecular complexity index is 87.0. The van der Waals surface area contributed by atoms with Crippen molar-refractivity contribution in [3.63, 3.8) is 0 Å². The van der Waals surface area contributed by atoms with Gasteiger partial charge in [-0.25, -0.2) is 0 Å². The molecule has 2 nitrogen and oxygen atoms in total. The molecule has 0 aliphatic heterocycles. The van der Waals surface area contributed by atoms with Crippen molar-refractivity contribution in [2.45, 2.75) is 19.2 Å². The molecule has 0 aliphatic carbocycles. The lowest BCUT2D eigenvalue weighted by molar-refractivity contribution is -0.137. The Morgan fingerprint density at radius 2 is 2.33 bits per heavy atom. The highest BCUT2D eigenvalue weighted by atomic mass is 19.1. The number of carboxylic acids is 1. The molecule has 0 rings (SSSR count). The topological polar surface area (TPSA) is 37.3 Å². The molecule has 0 aromatic carbocycles. The second-order valence-electron chi connectivity index (χ2n) is 1.73. The van der Waals surface area contributed by atoms with Crippen LogP contribution in [0.15, 0.2) is 0 Å². The average molecular weight is 131 g/mol. The van der Waals surface area contributed by atoms with Crippen LogP contribution in [0.5, 0.6) is 0 Å². The van der Waals surface area contributed by atoms with Crippen LogP contribution < -0.4 is 0 Å². The third-order valence-corrected chi connectivity index (χ3v) is 0.908. The first-order chi connectivity index (χ1) is 4.27. The van der Waals surface area contributed by atoms with Crippen molar-refractivity contribution in [3.8, 4) is 0 Å². The smallest absolute Gasteiger partial charge is 0.303 e. The Labute approximate surface area is 54.3 Å². The van der Waals surface area contributed by atoms with Gasteiger partial charge in [-0.05, 0) is 6.42 Å². The lowest BCUT2D eigenvalue weighted by Gasteiger charge is -1.90. The fourth-order valence-corrected chi connectivity index (χ4v) is 0.475. The maximum absolute atomic E-state index is 11.3. The summed E-state index contributed by atoms with van der Waals surface area (Å²) in [6.45, 7) is -0.459. The van der Waals surface area contributed by atoms with Gasteiger partial charge in [-0.1, -0.05) is 6.32 Å². The molecule has 4 heteroatoms. The van der Waals surface area contributed by atoms with E-state index < -0.39 is 12.5 Å². The van der Waals surface area contributed by atoms with Crippen LogP contribution in [0, 0.1) is 0 Å². The normalized spacial score (nSPS) is 9.00. The van der Waals surface area contributed by atoms with Crippen LogP contribution in [-0.4, -0.2) is 24.9 Å². The van der Waals surface area contributed by atoms with E-state index in [0.29, 0.717) is 12.7 Å². The fourth-order valence-electron chi connectivity index (χ4n) is 0.475. The van der Waals surface area contributed by atoms with E-state index >= 15 is 0 Å². The Morgan fingerprint density at radius 1 is 1.67 bits per heavy atom. The molecule has 0 amide bonds. The van der Waals surface area contributed by atoms with E-state index in [9.17, 15) is 9.18 Å². The molecule has 0 saturated carbocycles. The third-order valence-electron chi connectivity index (χ3n) is 0.908. The van der Waals surface area contributed by atoms with E-state index in [1.54, 1.807) is 0 Å². The molecule has 0 aromatic heterocycles. The fraction of sp³-hybridized carbons (Fsp3) is 0.800. The molecular weight excluding hydrogens is 122 g/mol. The van der Waals surface area contributed by atoms with Crippen molar-refractivity contribution in [1.82, 2.24) is 0 Å². The highest BCUT2D eigenvalue weighted by Gasteiger charge is 1.95. The zero-order valence-electron chi connectivity index (χ0n) is 5.14. The zero-order valence-corrected chi connectivity index (χ0v) is 5.14. The molecule has 0 saturated heterocycles.